The molecule has 2 saturated heterocycles. The second-order valence-corrected chi connectivity index (χ2v) is 32.1. The summed E-state index contributed by atoms with van der Waals surface area (Å²) in [6, 6.07) is 11.6. The van der Waals surface area contributed by atoms with E-state index in [1.165, 1.54) is 4.90 Å². The van der Waals surface area contributed by atoms with Crippen molar-refractivity contribution in [2.24, 2.45) is 34.5 Å². The zero-order valence-corrected chi connectivity index (χ0v) is 53.0. The number of carbonyl (C=O) groups excluding carboxylic acids is 6. The molecule has 88 heavy (non-hydrogen) atoms. The molecular formula is C66H80N6O14S2. The molecule has 12 rings (SSSR count). The van der Waals surface area contributed by atoms with E-state index in [-0.39, 0.29) is 73.3 Å². The van der Waals surface area contributed by atoms with Crippen molar-refractivity contribution < 1.29 is 64.2 Å². The number of nitrogens with one attached hydrogen (secondary N) is 2. The fourth-order valence-electron chi connectivity index (χ4n) is 12.6. The molecular weight excluding hydrogens is 1160 g/mol. The summed E-state index contributed by atoms with van der Waals surface area (Å²) in [5.74, 6) is -3.61. The average Bonchev–Trinajstić information content (AvgIpc) is 1.60. The van der Waals surface area contributed by atoms with Gasteiger partial charge in [-0.3, -0.25) is 28.8 Å². The van der Waals surface area contributed by atoms with Crippen LogP contribution in [0.25, 0.3) is 32.5 Å². The second-order valence-electron chi connectivity index (χ2n) is 27.5. The lowest BCUT2D eigenvalue weighted by molar-refractivity contribution is -0.144. The summed E-state index contributed by atoms with van der Waals surface area (Å²) in [7, 11) is -7.14. The van der Waals surface area contributed by atoms with Crippen LogP contribution in [0.4, 0.5) is 0 Å². The lowest BCUT2D eigenvalue weighted by atomic mass is 9.81. The average molecular weight is 1250 g/mol. The third-order valence-electron chi connectivity index (χ3n) is 19.5. The van der Waals surface area contributed by atoms with Gasteiger partial charge in [-0.05, 0) is 85.3 Å². The molecule has 0 radical (unpaired) electrons. The molecule has 2 aromatic carbocycles. The van der Waals surface area contributed by atoms with Crippen molar-refractivity contribution in [3.05, 3.63) is 92.0 Å². The number of furan rings is 1. The molecule has 4 amide bonds. The van der Waals surface area contributed by atoms with Gasteiger partial charge in [-0.15, -0.1) is 13.2 Å². The SMILES string of the molecule is C=C[C@@H]1C[C@]1(NC(=O)[C@@H]1CC(Oc2nccc3c2ccc2ccoc23)CN1C(=O)[C@@H](C)C(C)(C)C)C(=O)CS(=O)(=O)C1CC1.C=C[C@@H]1C[C@]1(NC(=O)[C@@H]1CC(Oc2nccc3c4c(ccc23)CCO4)CN1C(=O)[C@@H](C)C(C)(C)C)C(=O)CS(=O)(=O)C1CC1. The van der Waals surface area contributed by atoms with E-state index in [2.05, 4.69) is 33.8 Å². The highest BCUT2D eigenvalue weighted by Gasteiger charge is 2.63. The monoisotopic (exact) mass is 1240 g/mol. The molecule has 470 valence electrons. The topological polar surface area (TPSA) is 268 Å². The first-order valence-corrected chi connectivity index (χ1v) is 34.0. The van der Waals surface area contributed by atoms with Gasteiger partial charge in [0, 0.05) is 82.3 Å². The van der Waals surface area contributed by atoms with Gasteiger partial charge in [0.15, 0.2) is 31.2 Å². The van der Waals surface area contributed by atoms with E-state index in [1.807, 2.05) is 97.9 Å². The minimum Gasteiger partial charge on any atom is -0.492 e. The normalized spacial score (nSPS) is 26.5. The molecule has 3 aromatic heterocycles. The summed E-state index contributed by atoms with van der Waals surface area (Å²) in [6.07, 6.45) is 11.0. The lowest BCUT2D eigenvalue weighted by Gasteiger charge is -2.33. The van der Waals surface area contributed by atoms with E-state index >= 15 is 0 Å². The van der Waals surface area contributed by atoms with Gasteiger partial charge in [0.1, 0.15) is 58.2 Å². The van der Waals surface area contributed by atoms with Crippen molar-refractivity contribution in [3.63, 3.8) is 0 Å². The summed E-state index contributed by atoms with van der Waals surface area (Å²) in [5.41, 5.74) is -1.53. The molecule has 5 aromatic rings. The molecule has 10 atom stereocenters. The van der Waals surface area contributed by atoms with Gasteiger partial charge in [-0.25, -0.2) is 26.8 Å². The summed E-state index contributed by atoms with van der Waals surface area (Å²) in [6.45, 7) is 24.0. The molecule has 2 N–H and O–H groups in total. The van der Waals surface area contributed by atoms with Crippen molar-refractivity contribution in [1.29, 1.82) is 0 Å². The lowest BCUT2D eigenvalue weighted by Crippen LogP contribution is -2.55. The number of fused-ring (bicyclic) bond motifs is 6. The Labute approximate surface area is 513 Å². The number of ketones is 2. The minimum absolute atomic E-state index is 0.153. The Morgan fingerprint density at radius 2 is 1.11 bits per heavy atom. The van der Waals surface area contributed by atoms with Crippen LogP contribution in [0.2, 0.25) is 0 Å². The molecule has 6 fully saturated rings. The summed E-state index contributed by atoms with van der Waals surface area (Å²) < 4.78 is 75.0. The quantitative estimate of drug-likeness (QED) is 0.0709. The highest BCUT2D eigenvalue weighted by molar-refractivity contribution is 7.93. The van der Waals surface area contributed by atoms with Crippen molar-refractivity contribution in [3.8, 4) is 17.5 Å². The zero-order valence-electron chi connectivity index (χ0n) is 51.3. The largest absolute Gasteiger partial charge is 0.492 e. The van der Waals surface area contributed by atoms with E-state index in [9.17, 15) is 45.6 Å². The van der Waals surface area contributed by atoms with Gasteiger partial charge < -0.3 is 39.1 Å². The Kier molecular flexibility index (Phi) is 16.3. The van der Waals surface area contributed by atoms with Crippen LogP contribution in [0, 0.1) is 34.5 Å². The van der Waals surface area contributed by atoms with Gasteiger partial charge in [0.05, 0.1) is 36.5 Å². The fourth-order valence-corrected chi connectivity index (χ4v) is 16.0. The van der Waals surface area contributed by atoms with Crippen molar-refractivity contribution in [1.82, 2.24) is 30.4 Å². The maximum Gasteiger partial charge on any atom is 0.243 e. The van der Waals surface area contributed by atoms with Gasteiger partial charge >= 0.3 is 0 Å². The molecule has 4 saturated carbocycles. The van der Waals surface area contributed by atoms with Crippen LogP contribution in [-0.4, -0.2) is 149 Å². The first kappa shape index (κ1) is 62.4. The highest BCUT2D eigenvalue weighted by atomic mass is 32.2. The molecule has 4 aliphatic carbocycles. The van der Waals surface area contributed by atoms with E-state index in [0.717, 1.165) is 44.7 Å². The summed E-state index contributed by atoms with van der Waals surface area (Å²) >= 11 is 0. The fraction of sp³-hybridized carbons (Fsp3) is 0.545. The predicted molar refractivity (Wildman–Crippen MR) is 331 cm³/mol. The molecule has 3 aliphatic heterocycles. The van der Waals surface area contributed by atoms with E-state index in [1.54, 1.807) is 35.7 Å². The number of pyridine rings is 2. The molecule has 7 aliphatic rings. The summed E-state index contributed by atoms with van der Waals surface area (Å²) in [5, 5.41) is 9.04. The van der Waals surface area contributed by atoms with E-state index in [0.29, 0.717) is 49.6 Å². The molecule has 22 heteroatoms. The maximum absolute atomic E-state index is 14.0. The number of benzene rings is 2. The van der Waals surface area contributed by atoms with Crippen LogP contribution in [0.1, 0.15) is 112 Å². The number of likely N-dealkylation sites (tertiary alicyclic amines) is 2. The number of nitrogens with zero attached hydrogens (tertiary/aromatic N) is 4. The van der Waals surface area contributed by atoms with Gasteiger partial charge in [0.2, 0.25) is 35.4 Å². The number of hydrogen-bond donors (Lipinski definition) is 2. The van der Waals surface area contributed by atoms with Crippen LogP contribution in [0.3, 0.4) is 0 Å². The van der Waals surface area contributed by atoms with Gasteiger partial charge in [0.25, 0.3) is 0 Å². The van der Waals surface area contributed by atoms with Crippen molar-refractivity contribution in [2.75, 3.05) is 31.2 Å². The number of ether oxygens (including phenoxy) is 3. The molecule has 20 nitrogen and oxygen atoms in total. The Bertz CT molecular complexity index is 3920. The number of carbonyl (C=O) groups is 6. The van der Waals surface area contributed by atoms with Crippen LogP contribution in [0.15, 0.2) is 90.8 Å². The maximum atomic E-state index is 14.0. The first-order chi connectivity index (χ1) is 41.5. The highest BCUT2D eigenvalue weighted by Crippen LogP contribution is 2.49. The third-order valence-corrected chi connectivity index (χ3v) is 23.8. The number of sulfone groups is 2. The number of aromatic nitrogens is 2. The number of Topliss-reactive ketones (excluding diaryl/α,β-unsaturated/α-hetero) is 2. The zero-order chi connectivity index (χ0) is 63.2. The van der Waals surface area contributed by atoms with Crippen molar-refractivity contribution >= 4 is 87.4 Å². The minimum atomic E-state index is -3.57. The Morgan fingerprint density at radius 3 is 1.56 bits per heavy atom. The Morgan fingerprint density at radius 1 is 0.659 bits per heavy atom. The second kappa shape index (κ2) is 23.0. The van der Waals surface area contributed by atoms with Gasteiger partial charge in [-0.1, -0.05) is 79.7 Å². The third kappa shape index (κ3) is 12.1. The predicted octanol–water partition coefficient (Wildman–Crippen LogP) is 7.63. The van der Waals surface area contributed by atoms with Crippen LogP contribution in [0.5, 0.6) is 17.5 Å². The Balaban J connectivity index is 0.000000182. The number of hydrogen-bond acceptors (Lipinski definition) is 16. The number of amides is 4. The molecule has 0 bridgehead atoms. The summed E-state index contributed by atoms with van der Waals surface area (Å²) in [4.78, 5) is 94.4. The van der Waals surface area contributed by atoms with E-state index < -0.39 is 112 Å². The smallest absolute Gasteiger partial charge is 0.243 e. The molecule has 6 heterocycles. The van der Waals surface area contributed by atoms with Crippen LogP contribution >= 0.6 is 0 Å². The Hall–Kier alpha value is -7.20. The number of rotatable bonds is 20. The van der Waals surface area contributed by atoms with E-state index in [4.69, 9.17) is 18.6 Å². The first-order valence-electron chi connectivity index (χ1n) is 30.6. The van der Waals surface area contributed by atoms with Crippen LogP contribution in [-0.2, 0) is 54.9 Å². The molecule has 0 spiro atoms. The van der Waals surface area contributed by atoms with Crippen molar-refractivity contribution in [2.45, 2.75) is 159 Å². The van der Waals surface area contributed by atoms with Crippen LogP contribution < -0.4 is 24.8 Å². The standard InChI is InChI=1S/C33H41N3O7S.C33H39N3O7S/c2*1-6-21-16-33(21,27(37)18-44(40,41)23-8-9-23)35-29(38)26-15-22(17-36(26)31(39)19(2)32(3,4)5)43-30-25-10-7-20-12-14-42-28(20)24(25)11-13-34-30/h6-7,10-11,13,19,21-23,26H,1,8-9,12,14-18H2,2-5H3,(H,35,38);6-7,10-14,19,21-23,26H,1,8-9,15-18H2,2-5H3,(H,35,38)/t2*19-,21-,22?,26+,33-/m11/s1. The van der Waals surface area contributed by atoms with Gasteiger partial charge in [-0.2, -0.15) is 0 Å². The molecule has 2 unspecified atom stereocenters.